The van der Waals surface area contributed by atoms with Gasteiger partial charge in [0.2, 0.25) is 17.5 Å². The SMILES string of the molecule is COc1cc(-c2nnc(-c3ccc(Br)cc3)o2)cc(OC)c1OC. The van der Waals surface area contributed by atoms with Crippen LogP contribution in [-0.4, -0.2) is 31.5 Å². The van der Waals surface area contributed by atoms with Gasteiger partial charge < -0.3 is 18.6 Å². The molecule has 0 bridgehead atoms. The minimum absolute atomic E-state index is 0.368. The van der Waals surface area contributed by atoms with Crippen molar-refractivity contribution in [2.45, 2.75) is 0 Å². The maximum atomic E-state index is 5.78. The zero-order valence-electron chi connectivity index (χ0n) is 13.4. The minimum Gasteiger partial charge on any atom is -0.493 e. The lowest BCUT2D eigenvalue weighted by Gasteiger charge is -2.12. The Morgan fingerprint density at radius 1 is 0.792 bits per heavy atom. The molecule has 3 rings (SSSR count). The van der Waals surface area contributed by atoms with Crippen LogP contribution in [0.2, 0.25) is 0 Å². The highest BCUT2D eigenvalue weighted by Gasteiger charge is 2.18. The van der Waals surface area contributed by atoms with Crippen molar-refractivity contribution in [2.24, 2.45) is 0 Å². The van der Waals surface area contributed by atoms with Gasteiger partial charge in [0.05, 0.1) is 21.3 Å². The molecule has 0 atom stereocenters. The second-order valence-corrected chi connectivity index (χ2v) is 5.75. The number of hydrogen-bond acceptors (Lipinski definition) is 6. The zero-order chi connectivity index (χ0) is 17.1. The molecule has 1 heterocycles. The van der Waals surface area contributed by atoms with E-state index < -0.39 is 0 Å². The number of methoxy groups -OCH3 is 3. The third-order valence-corrected chi connectivity index (χ3v) is 3.96. The molecule has 6 nitrogen and oxygen atoms in total. The van der Waals surface area contributed by atoms with Gasteiger partial charge in [-0.15, -0.1) is 10.2 Å². The van der Waals surface area contributed by atoms with E-state index in [1.807, 2.05) is 24.3 Å². The van der Waals surface area contributed by atoms with E-state index in [1.165, 1.54) is 0 Å². The first-order valence-electron chi connectivity index (χ1n) is 7.06. The van der Waals surface area contributed by atoms with Crippen molar-refractivity contribution in [1.29, 1.82) is 0 Å². The van der Waals surface area contributed by atoms with Crippen molar-refractivity contribution in [2.75, 3.05) is 21.3 Å². The Morgan fingerprint density at radius 3 is 1.83 bits per heavy atom. The summed E-state index contributed by atoms with van der Waals surface area (Å²) < 4.78 is 22.8. The molecule has 0 saturated carbocycles. The zero-order valence-corrected chi connectivity index (χ0v) is 15.0. The highest BCUT2D eigenvalue weighted by Crippen LogP contribution is 2.41. The van der Waals surface area contributed by atoms with Crippen LogP contribution in [0.4, 0.5) is 0 Å². The van der Waals surface area contributed by atoms with Gasteiger partial charge >= 0.3 is 0 Å². The van der Waals surface area contributed by atoms with Crippen molar-refractivity contribution in [1.82, 2.24) is 10.2 Å². The van der Waals surface area contributed by atoms with E-state index >= 15 is 0 Å². The molecule has 0 N–H and O–H groups in total. The summed E-state index contributed by atoms with van der Waals surface area (Å²) in [6.45, 7) is 0. The lowest BCUT2D eigenvalue weighted by atomic mass is 10.2. The van der Waals surface area contributed by atoms with Crippen molar-refractivity contribution in [3.8, 4) is 40.2 Å². The summed E-state index contributed by atoms with van der Waals surface area (Å²) in [7, 11) is 4.67. The van der Waals surface area contributed by atoms with Gasteiger partial charge in [-0.05, 0) is 36.4 Å². The van der Waals surface area contributed by atoms with Crippen molar-refractivity contribution in [3.63, 3.8) is 0 Å². The van der Waals surface area contributed by atoms with Gasteiger partial charge in [0.25, 0.3) is 0 Å². The van der Waals surface area contributed by atoms with Crippen molar-refractivity contribution < 1.29 is 18.6 Å². The second kappa shape index (κ2) is 6.92. The Balaban J connectivity index is 2.02. The van der Waals surface area contributed by atoms with Crippen molar-refractivity contribution in [3.05, 3.63) is 40.9 Å². The molecular weight excluding hydrogens is 376 g/mol. The Bertz CT molecular complexity index is 821. The van der Waals surface area contributed by atoms with Gasteiger partial charge in [0.15, 0.2) is 11.5 Å². The molecule has 124 valence electrons. The van der Waals surface area contributed by atoms with Crippen LogP contribution in [0.15, 0.2) is 45.3 Å². The average molecular weight is 391 g/mol. The van der Waals surface area contributed by atoms with Gasteiger partial charge in [-0.2, -0.15) is 0 Å². The lowest BCUT2D eigenvalue weighted by Crippen LogP contribution is -1.95. The molecular formula is C17H15BrN2O4. The maximum Gasteiger partial charge on any atom is 0.248 e. The Labute approximate surface area is 147 Å². The number of aromatic nitrogens is 2. The molecule has 0 radical (unpaired) electrons. The molecule has 24 heavy (non-hydrogen) atoms. The molecule has 0 aliphatic carbocycles. The van der Waals surface area contributed by atoms with Crippen LogP contribution in [0.5, 0.6) is 17.2 Å². The first-order valence-corrected chi connectivity index (χ1v) is 7.85. The normalized spacial score (nSPS) is 10.5. The monoisotopic (exact) mass is 390 g/mol. The maximum absolute atomic E-state index is 5.78. The predicted molar refractivity (Wildman–Crippen MR) is 92.5 cm³/mol. The van der Waals surface area contributed by atoms with E-state index in [1.54, 1.807) is 33.5 Å². The van der Waals surface area contributed by atoms with E-state index in [4.69, 9.17) is 18.6 Å². The van der Waals surface area contributed by atoms with Crippen molar-refractivity contribution >= 4 is 15.9 Å². The molecule has 0 fully saturated rings. The lowest BCUT2D eigenvalue weighted by molar-refractivity contribution is 0.324. The standard InChI is InChI=1S/C17H15BrN2O4/c1-21-13-8-11(9-14(22-2)15(13)23-3)17-20-19-16(24-17)10-4-6-12(18)7-5-10/h4-9H,1-3H3. The van der Waals surface area contributed by atoms with Crippen LogP contribution in [0, 0.1) is 0 Å². The summed E-state index contributed by atoms with van der Waals surface area (Å²) in [5.41, 5.74) is 1.52. The quantitative estimate of drug-likeness (QED) is 0.650. The first kappa shape index (κ1) is 16.3. The van der Waals surface area contributed by atoms with Crippen LogP contribution < -0.4 is 14.2 Å². The fourth-order valence-corrected chi connectivity index (χ4v) is 2.52. The van der Waals surface area contributed by atoms with E-state index in [0.29, 0.717) is 34.6 Å². The molecule has 0 amide bonds. The second-order valence-electron chi connectivity index (χ2n) is 4.83. The third kappa shape index (κ3) is 3.07. The number of benzene rings is 2. The molecule has 3 aromatic rings. The van der Waals surface area contributed by atoms with Crippen LogP contribution in [0.1, 0.15) is 0 Å². The fourth-order valence-electron chi connectivity index (χ4n) is 2.25. The predicted octanol–water partition coefficient (Wildman–Crippen LogP) is 4.19. The van der Waals surface area contributed by atoms with Gasteiger partial charge in [0, 0.05) is 15.6 Å². The van der Waals surface area contributed by atoms with Gasteiger partial charge in [0.1, 0.15) is 0 Å². The third-order valence-electron chi connectivity index (χ3n) is 3.43. The summed E-state index contributed by atoms with van der Waals surface area (Å²) >= 11 is 3.40. The van der Waals surface area contributed by atoms with Gasteiger partial charge in [-0.3, -0.25) is 0 Å². The highest BCUT2D eigenvalue weighted by atomic mass is 79.9. The van der Waals surface area contributed by atoms with Gasteiger partial charge in [-0.25, -0.2) is 0 Å². The Kier molecular flexibility index (Phi) is 4.71. The van der Waals surface area contributed by atoms with Crippen LogP contribution in [0.25, 0.3) is 22.9 Å². The smallest absolute Gasteiger partial charge is 0.248 e. The van der Waals surface area contributed by atoms with E-state index in [-0.39, 0.29) is 0 Å². The Morgan fingerprint density at radius 2 is 1.33 bits per heavy atom. The number of hydrogen-bond donors (Lipinski definition) is 0. The topological polar surface area (TPSA) is 66.6 Å². The Hall–Kier alpha value is -2.54. The highest BCUT2D eigenvalue weighted by molar-refractivity contribution is 9.10. The largest absolute Gasteiger partial charge is 0.493 e. The summed E-state index contributed by atoms with van der Waals surface area (Å²) in [5, 5.41) is 8.21. The molecule has 0 spiro atoms. The summed E-state index contributed by atoms with van der Waals surface area (Å²) in [6.07, 6.45) is 0. The molecule has 0 aliphatic rings. The molecule has 7 heteroatoms. The summed E-state index contributed by atoms with van der Waals surface area (Å²) in [6, 6.07) is 11.2. The molecule has 0 aliphatic heterocycles. The van der Waals surface area contributed by atoms with Crippen LogP contribution in [-0.2, 0) is 0 Å². The number of rotatable bonds is 5. The molecule has 0 unspecified atom stereocenters. The number of halogens is 1. The summed E-state index contributed by atoms with van der Waals surface area (Å²) in [5.74, 6) is 2.36. The van der Waals surface area contributed by atoms with Crippen LogP contribution in [0.3, 0.4) is 0 Å². The summed E-state index contributed by atoms with van der Waals surface area (Å²) in [4.78, 5) is 0. The number of ether oxygens (including phenoxy) is 3. The van der Waals surface area contributed by atoms with E-state index in [2.05, 4.69) is 26.1 Å². The minimum atomic E-state index is 0.368. The number of nitrogens with zero attached hydrogens (tertiary/aromatic N) is 2. The van der Waals surface area contributed by atoms with Crippen LogP contribution >= 0.6 is 15.9 Å². The van der Waals surface area contributed by atoms with Gasteiger partial charge in [-0.1, -0.05) is 15.9 Å². The van der Waals surface area contributed by atoms with E-state index in [0.717, 1.165) is 10.0 Å². The first-order chi connectivity index (χ1) is 11.7. The van der Waals surface area contributed by atoms with E-state index in [9.17, 15) is 0 Å². The fraction of sp³-hybridized carbons (Fsp3) is 0.176. The molecule has 2 aromatic carbocycles. The average Bonchev–Trinajstić information content (AvgIpc) is 3.11. The molecule has 1 aromatic heterocycles. The molecule has 0 saturated heterocycles.